The zero-order valence-corrected chi connectivity index (χ0v) is 19.0. The van der Waals surface area contributed by atoms with Crippen LogP contribution < -0.4 is 4.90 Å². The van der Waals surface area contributed by atoms with Crippen LogP contribution in [0.15, 0.2) is 30.3 Å². The summed E-state index contributed by atoms with van der Waals surface area (Å²) in [6.07, 6.45) is -10.3. The highest BCUT2D eigenvalue weighted by atomic mass is 32.1. The number of rotatable bonds is 5. The van der Waals surface area contributed by atoms with Crippen LogP contribution in [0.5, 0.6) is 0 Å². The Kier molecular flexibility index (Phi) is 7.21. The van der Waals surface area contributed by atoms with Gasteiger partial charge in [0.2, 0.25) is 0 Å². The van der Waals surface area contributed by atoms with E-state index in [4.69, 9.17) is 4.74 Å². The zero-order valence-electron chi connectivity index (χ0n) is 18.2. The summed E-state index contributed by atoms with van der Waals surface area (Å²) in [6.45, 7) is 1.80. The number of morpholine rings is 1. The summed E-state index contributed by atoms with van der Waals surface area (Å²) in [5.74, 6) is -3.12. The third-order valence-electron chi connectivity index (χ3n) is 5.46. The number of carbonyl (C=O) groups is 1. The molecule has 1 aromatic heterocycles. The number of carbonyl (C=O) groups excluding carboxylic acids is 1. The van der Waals surface area contributed by atoms with Crippen LogP contribution in [0.2, 0.25) is 0 Å². The minimum absolute atomic E-state index is 0.0201. The Bertz CT molecular complexity index is 1240. The first-order valence-corrected chi connectivity index (χ1v) is 11.3. The largest absolute Gasteiger partial charge is 0.416 e. The Labute approximate surface area is 202 Å². The van der Waals surface area contributed by atoms with Crippen LogP contribution in [0.25, 0.3) is 10.2 Å². The van der Waals surface area contributed by atoms with Gasteiger partial charge in [0.05, 0.1) is 29.0 Å². The Hall–Kier alpha value is -2.84. The molecule has 0 N–H and O–H groups in total. The molecule has 4 rings (SSSR count). The molecule has 194 valence electrons. The van der Waals surface area contributed by atoms with Crippen molar-refractivity contribution in [3.63, 3.8) is 0 Å². The van der Waals surface area contributed by atoms with Crippen molar-refractivity contribution in [1.29, 1.82) is 0 Å². The van der Waals surface area contributed by atoms with E-state index < -0.39 is 46.6 Å². The molecule has 2 heterocycles. The number of aromatic nitrogens is 1. The number of nitrogens with zero attached hydrogens (tertiary/aromatic N) is 3. The van der Waals surface area contributed by atoms with E-state index >= 15 is 0 Å². The van der Waals surface area contributed by atoms with E-state index in [2.05, 4.69) is 4.98 Å². The number of hydrogen-bond donors (Lipinski definition) is 0. The summed E-state index contributed by atoms with van der Waals surface area (Å²) < 4.78 is 113. The number of benzene rings is 2. The van der Waals surface area contributed by atoms with Crippen LogP contribution in [-0.4, -0.2) is 55.2 Å². The van der Waals surface area contributed by atoms with E-state index in [1.54, 1.807) is 0 Å². The number of halogens is 8. The number of fused-ring (bicyclic) bond motifs is 1. The second-order valence-electron chi connectivity index (χ2n) is 7.94. The molecular weight excluding hydrogens is 522 g/mol. The third-order valence-corrected chi connectivity index (χ3v) is 6.48. The SMILES string of the molecule is O=C(c1cc(C(F)(F)F)cc(C(F)(F)F)c1)N(CCN1CCOCC1)c1nc2c(F)cc(F)cc2s1. The molecule has 0 spiro atoms. The lowest BCUT2D eigenvalue weighted by atomic mass is 10.0. The second kappa shape index (κ2) is 9.90. The average molecular weight is 539 g/mol. The lowest BCUT2D eigenvalue weighted by Crippen LogP contribution is -2.43. The van der Waals surface area contributed by atoms with E-state index in [9.17, 15) is 39.9 Å². The lowest BCUT2D eigenvalue weighted by molar-refractivity contribution is -0.143. The summed E-state index contributed by atoms with van der Waals surface area (Å²) in [5.41, 5.74) is -4.44. The predicted octanol–water partition coefficient (Wildman–Crippen LogP) is 5.59. The number of alkyl halides is 6. The van der Waals surface area contributed by atoms with Gasteiger partial charge in [-0.05, 0) is 24.3 Å². The standard InChI is InChI=1S/C22H17F8N3O2S/c23-15-10-16(24)18-17(11-15)36-20(31-18)33(2-1-32-3-5-35-6-4-32)19(34)12-7-13(21(25,26)27)9-14(8-12)22(28,29)30/h7-11H,1-6H2. The number of ether oxygens (including phenoxy) is 1. The van der Waals surface area contributed by atoms with E-state index in [1.165, 1.54) is 0 Å². The van der Waals surface area contributed by atoms with Crippen LogP contribution in [-0.2, 0) is 17.1 Å². The highest BCUT2D eigenvalue weighted by Crippen LogP contribution is 2.37. The van der Waals surface area contributed by atoms with Crippen LogP contribution in [0.3, 0.4) is 0 Å². The third kappa shape index (κ3) is 5.76. The van der Waals surface area contributed by atoms with Crippen molar-refractivity contribution in [2.45, 2.75) is 12.4 Å². The first kappa shape index (κ1) is 26.2. The van der Waals surface area contributed by atoms with E-state index in [-0.39, 0.29) is 34.5 Å². The highest BCUT2D eigenvalue weighted by Gasteiger charge is 2.38. The van der Waals surface area contributed by atoms with Crippen molar-refractivity contribution in [3.05, 3.63) is 58.7 Å². The first-order valence-electron chi connectivity index (χ1n) is 10.5. The Morgan fingerprint density at radius 2 is 1.58 bits per heavy atom. The van der Waals surface area contributed by atoms with Gasteiger partial charge in [0.1, 0.15) is 11.3 Å². The maximum atomic E-state index is 14.2. The fourth-order valence-corrected chi connectivity index (χ4v) is 4.67. The summed E-state index contributed by atoms with van der Waals surface area (Å²) in [5, 5.41) is -0.196. The molecule has 0 unspecified atom stereocenters. The summed E-state index contributed by atoms with van der Waals surface area (Å²) in [7, 11) is 0. The molecular formula is C22H17F8N3O2S. The highest BCUT2D eigenvalue weighted by molar-refractivity contribution is 7.22. The molecule has 0 radical (unpaired) electrons. The van der Waals surface area contributed by atoms with Crippen LogP contribution in [0, 0.1) is 11.6 Å². The van der Waals surface area contributed by atoms with E-state index in [0.29, 0.717) is 55.8 Å². The molecule has 14 heteroatoms. The van der Waals surface area contributed by atoms with Gasteiger partial charge < -0.3 is 4.74 Å². The second-order valence-corrected chi connectivity index (χ2v) is 8.95. The molecule has 0 saturated carbocycles. The molecule has 36 heavy (non-hydrogen) atoms. The monoisotopic (exact) mass is 539 g/mol. The molecule has 0 bridgehead atoms. The van der Waals surface area contributed by atoms with Crippen molar-refractivity contribution in [1.82, 2.24) is 9.88 Å². The Morgan fingerprint density at radius 3 is 2.17 bits per heavy atom. The number of amides is 1. The number of thiazole rings is 1. The fraction of sp³-hybridized carbons (Fsp3) is 0.364. The van der Waals surface area contributed by atoms with Crippen molar-refractivity contribution in [3.8, 4) is 0 Å². The molecule has 0 aliphatic carbocycles. The van der Waals surface area contributed by atoms with Gasteiger partial charge in [0.15, 0.2) is 10.9 Å². The fourth-order valence-electron chi connectivity index (χ4n) is 3.65. The van der Waals surface area contributed by atoms with Gasteiger partial charge in [-0.2, -0.15) is 26.3 Å². The van der Waals surface area contributed by atoms with Gasteiger partial charge >= 0.3 is 12.4 Å². The van der Waals surface area contributed by atoms with E-state index in [1.807, 2.05) is 4.90 Å². The lowest BCUT2D eigenvalue weighted by Gasteiger charge is -2.29. The molecule has 0 atom stereocenters. The molecule has 2 aromatic carbocycles. The van der Waals surface area contributed by atoms with Gasteiger partial charge in [0, 0.05) is 37.8 Å². The maximum absolute atomic E-state index is 14.2. The van der Waals surface area contributed by atoms with Gasteiger partial charge in [-0.1, -0.05) is 11.3 Å². The molecule has 5 nitrogen and oxygen atoms in total. The van der Waals surface area contributed by atoms with Crippen molar-refractivity contribution in [2.24, 2.45) is 0 Å². The maximum Gasteiger partial charge on any atom is 0.416 e. The molecule has 1 aliphatic rings. The van der Waals surface area contributed by atoms with Gasteiger partial charge in [-0.15, -0.1) is 0 Å². The molecule has 1 saturated heterocycles. The Balaban J connectivity index is 1.77. The topological polar surface area (TPSA) is 45.7 Å². The van der Waals surface area contributed by atoms with Crippen LogP contribution >= 0.6 is 11.3 Å². The minimum Gasteiger partial charge on any atom is -0.379 e. The van der Waals surface area contributed by atoms with Crippen molar-refractivity contribution in [2.75, 3.05) is 44.3 Å². The molecule has 1 fully saturated rings. The summed E-state index contributed by atoms with van der Waals surface area (Å²) in [6, 6.07) is 2.12. The quantitative estimate of drug-likeness (QED) is 0.397. The summed E-state index contributed by atoms with van der Waals surface area (Å²) >= 11 is 0.689. The van der Waals surface area contributed by atoms with Gasteiger partial charge in [-0.3, -0.25) is 14.6 Å². The van der Waals surface area contributed by atoms with Crippen molar-refractivity contribution < 1.29 is 44.7 Å². The Morgan fingerprint density at radius 1 is 0.972 bits per heavy atom. The van der Waals surface area contributed by atoms with Gasteiger partial charge in [0.25, 0.3) is 5.91 Å². The van der Waals surface area contributed by atoms with E-state index in [0.717, 1.165) is 11.0 Å². The first-order chi connectivity index (χ1) is 16.8. The number of hydrogen-bond acceptors (Lipinski definition) is 5. The molecule has 1 aliphatic heterocycles. The average Bonchev–Trinajstić information content (AvgIpc) is 3.22. The smallest absolute Gasteiger partial charge is 0.379 e. The van der Waals surface area contributed by atoms with Crippen molar-refractivity contribution >= 4 is 32.6 Å². The molecule has 3 aromatic rings. The predicted molar refractivity (Wildman–Crippen MR) is 115 cm³/mol. The molecule has 1 amide bonds. The van der Waals surface area contributed by atoms with Crippen LogP contribution in [0.1, 0.15) is 21.5 Å². The van der Waals surface area contributed by atoms with Gasteiger partial charge in [-0.25, -0.2) is 13.8 Å². The van der Waals surface area contributed by atoms with Crippen LogP contribution in [0.4, 0.5) is 40.3 Å². The normalized spacial score (nSPS) is 15.4. The minimum atomic E-state index is -5.15. The number of anilines is 1. The summed E-state index contributed by atoms with van der Waals surface area (Å²) in [4.78, 5) is 20.1. The zero-order chi connectivity index (χ0) is 26.3.